The molecule has 4 aromatic carbocycles. The number of nitrogens with one attached hydrogen (secondary N) is 1. The van der Waals surface area contributed by atoms with E-state index >= 15 is 0 Å². The van der Waals surface area contributed by atoms with Crippen molar-refractivity contribution in [2.45, 2.75) is 19.0 Å². The first-order chi connectivity index (χ1) is 17.6. The maximum Gasteiger partial charge on any atom is 0.234 e. The van der Waals surface area contributed by atoms with Crippen LogP contribution in [0.25, 0.3) is 28.2 Å². The molecule has 1 amide bonds. The number of rotatable bonds is 7. The fourth-order valence-electron chi connectivity index (χ4n) is 4.18. The van der Waals surface area contributed by atoms with Crippen LogP contribution in [0.5, 0.6) is 0 Å². The highest BCUT2D eigenvalue weighted by Crippen LogP contribution is 2.38. The molecule has 0 saturated carbocycles. The van der Waals surface area contributed by atoms with Gasteiger partial charge >= 0.3 is 0 Å². The first kappa shape index (κ1) is 23.6. The Labute approximate surface area is 216 Å². The van der Waals surface area contributed by atoms with Gasteiger partial charge in [0.15, 0.2) is 5.16 Å². The molecule has 0 aliphatic carbocycles. The van der Waals surface area contributed by atoms with Crippen molar-refractivity contribution in [3.05, 3.63) is 120 Å². The third-order valence-corrected chi connectivity index (χ3v) is 7.11. The quantitative estimate of drug-likeness (QED) is 0.240. The Hall–Kier alpha value is -4.09. The molecule has 36 heavy (non-hydrogen) atoms. The second-order valence-electron chi connectivity index (χ2n) is 8.58. The van der Waals surface area contributed by atoms with E-state index in [-0.39, 0.29) is 11.7 Å². The number of carbonyl (C=O) groups is 1. The third-order valence-electron chi connectivity index (χ3n) is 6.17. The van der Waals surface area contributed by atoms with Gasteiger partial charge in [0.05, 0.1) is 17.1 Å². The van der Waals surface area contributed by atoms with Gasteiger partial charge < -0.3 is 5.32 Å². The van der Waals surface area contributed by atoms with E-state index in [9.17, 15) is 4.79 Å². The van der Waals surface area contributed by atoms with Crippen LogP contribution in [0.3, 0.4) is 0 Å². The van der Waals surface area contributed by atoms with E-state index in [2.05, 4.69) is 46.3 Å². The summed E-state index contributed by atoms with van der Waals surface area (Å²) in [6.45, 7) is 4.07. The number of benzene rings is 4. The van der Waals surface area contributed by atoms with Crippen molar-refractivity contribution in [2.24, 2.45) is 0 Å². The monoisotopic (exact) mass is 489 g/mol. The van der Waals surface area contributed by atoms with Gasteiger partial charge in [0.1, 0.15) is 0 Å². The van der Waals surface area contributed by atoms with Crippen LogP contribution in [0.15, 0.2) is 114 Å². The van der Waals surface area contributed by atoms with Gasteiger partial charge in [-0.25, -0.2) is 4.98 Å². The van der Waals surface area contributed by atoms with E-state index in [1.807, 2.05) is 86.6 Å². The van der Waals surface area contributed by atoms with Crippen LogP contribution in [0.2, 0.25) is 0 Å². The maximum atomic E-state index is 13.0. The second kappa shape index (κ2) is 10.7. The molecule has 0 saturated heterocycles. The summed E-state index contributed by atoms with van der Waals surface area (Å²) in [6, 6.07) is 36.6. The summed E-state index contributed by atoms with van der Waals surface area (Å²) in [5.41, 5.74) is 8.09. The Kier molecular flexibility index (Phi) is 7.01. The van der Waals surface area contributed by atoms with Crippen molar-refractivity contribution >= 4 is 23.4 Å². The standard InChI is InChI=1S/C31H27N3OS/c1-22-13-12-20-27(23(22)2)32-28(35)21-36-31-33-29(24-14-6-3-7-15-24)30(25-16-8-4-9-17-25)34(31)26-18-10-5-11-19-26/h3-20H,21H2,1-2H3,(H,32,35). The summed E-state index contributed by atoms with van der Waals surface area (Å²) in [6.07, 6.45) is 0. The minimum Gasteiger partial charge on any atom is -0.325 e. The number of anilines is 1. The van der Waals surface area contributed by atoms with Gasteiger partial charge in [-0.05, 0) is 43.2 Å². The minimum atomic E-state index is -0.0566. The number of nitrogens with zero attached hydrogens (tertiary/aromatic N) is 2. The highest BCUT2D eigenvalue weighted by atomic mass is 32.2. The molecule has 0 aliphatic rings. The third kappa shape index (κ3) is 4.97. The SMILES string of the molecule is Cc1cccc(NC(=O)CSc2nc(-c3ccccc3)c(-c3ccccc3)n2-c2ccccc2)c1C. The molecule has 0 bridgehead atoms. The number of aryl methyl sites for hydroxylation is 1. The Morgan fingerprint density at radius 1 is 0.778 bits per heavy atom. The van der Waals surface area contributed by atoms with Crippen LogP contribution in [-0.4, -0.2) is 21.2 Å². The van der Waals surface area contributed by atoms with E-state index < -0.39 is 0 Å². The molecule has 1 heterocycles. The Morgan fingerprint density at radius 2 is 1.39 bits per heavy atom. The number of thioether (sulfide) groups is 1. The highest BCUT2D eigenvalue weighted by Gasteiger charge is 2.22. The van der Waals surface area contributed by atoms with Crippen LogP contribution >= 0.6 is 11.8 Å². The smallest absolute Gasteiger partial charge is 0.234 e. The molecule has 5 rings (SSSR count). The number of amides is 1. The average molecular weight is 490 g/mol. The zero-order valence-corrected chi connectivity index (χ0v) is 21.1. The molecule has 4 nitrogen and oxygen atoms in total. The average Bonchev–Trinajstić information content (AvgIpc) is 3.31. The molecule has 0 spiro atoms. The first-order valence-electron chi connectivity index (χ1n) is 11.9. The number of carbonyl (C=O) groups excluding carboxylic acids is 1. The summed E-state index contributed by atoms with van der Waals surface area (Å²) in [5.74, 6) is 0.193. The zero-order valence-electron chi connectivity index (χ0n) is 20.3. The van der Waals surface area contributed by atoms with Gasteiger partial charge in [0.25, 0.3) is 0 Å². The molecule has 5 aromatic rings. The van der Waals surface area contributed by atoms with E-state index in [1.54, 1.807) is 0 Å². The molecule has 1 aromatic heterocycles. The predicted molar refractivity (Wildman–Crippen MR) is 150 cm³/mol. The summed E-state index contributed by atoms with van der Waals surface area (Å²) in [7, 11) is 0. The lowest BCUT2D eigenvalue weighted by Crippen LogP contribution is -2.15. The van der Waals surface area contributed by atoms with Crippen molar-refractivity contribution in [1.82, 2.24) is 9.55 Å². The second-order valence-corrected chi connectivity index (χ2v) is 9.52. The largest absolute Gasteiger partial charge is 0.325 e. The number of aromatic nitrogens is 2. The van der Waals surface area contributed by atoms with E-state index in [0.717, 1.165) is 50.2 Å². The molecular formula is C31H27N3OS. The van der Waals surface area contributed by atoms with Crippen molar-refractivity contribution < 1.29 is 4.79 Å². The van der Waals surface area contributed by atoms with Gasteiger partial charge in [-0.3, -0.25) is 9.36 Å². The van der Waals surface area contributed by atoms with E-state index in [1.165, 1.54) is 11.8 Å². The molecule has 0 atom stereocenters. The van der Waals surface area contributed by atoms with Crippen LogP contribution in [0, 0.1) is 13.8 Å². The lowest BCUT2D eigenvalue weighted by Gasteiger charge is -2.13. The fraction of sp³-hybridized carbons (Fsp3) is 0.0968. The molecule has 0 unspecified atom stereocenters. The van der Waals surface area contributed by atoms with E-state index in [0.29, 0.717) is 0 Å². The molecule has 0 radical (unpaired) electrons. The van der Waals surface area contributed by atoms with Crippen LogP contribution < -0.4 is 5.32 Å². The maximum absolute atomic E-state index is 13.0. The highest BCUT2D eigenvalue weighted by molar-refractivity contribution is 7.99. The van der Waals surface area contributed by atoms with E-state index in [4.69, 9.17) is 4.98 Å². The lowest BCUT2D eigenvalue weighted by atomic mass is 10.0. The van der Waals surface area contributed by atoms with Crippen LogP contribution in [0.1, 0.15) is 11.1 Å². The zero-order chi connectivity index (χ0) is 24.9. The predicted octanol–water partition coefficient (Wildman–Crippen LogP) is 7.55. The summed E-state index contributed by atoms with van der Waals surface area (Å²) < 4.78 is 2.16. The number of hydrogen-bond acceptors (Lipinski definition) is 3. The topological polar surface area (TPSA) is 46.9 Å². The van der Waals surface area contributed by atoms with Gasteiger partial charge in [0.2, 0.25) is 5.91 Å². The Balaban J connectivity index is 1.56. The van der Waals surface area contributed by atoms with Gasteiger partial charge in [0, 0.05) is 22.5 Å². The lowest BCUT2D eigenvalue weighted by molar-refractivity contribution is -0.113. The van der Waals surface area contributed by atoms with Gasteiger partial charge in [-0.2, -0.15) is 0 Å². The first-order valence-corrected chi connectivity index (χ1v) is 12.9. The number of imidazole rings is 1. The summed E-state index contributed by atoms with van der Waals surface area (Å²) in [4.78, 5) is 18.0. The molecule has 178 valence electrons. The number of para-hydroxylation sites is 1. The van der Waals surface area contributed by atoms with Crippen molar-refractivity contribution in [3.8, 4) is 28.2 Å². The molecule has 0 aliphatic heterocycles. The van der Waals surface area contributed by atoms with Crippen molar-refractivity contribution in [2.75, 3.05) is 11.1 Å². The van der Waals surface area contributed by atoms with Gasteiger partial charge in [-0.15, -0.1) is 0 Å². The van der Waals surface area contributed by atoms with Crippen LogP contribution in [-0.2, 0) is 4.79 Å². The molecule has 0 fully saturated rings. The minimum absolute atomic E-state index is 0.0566. The van der Waals surface area contributed by atoms with Crippen molar-refractivity contribution in [1.29, 1.82) is 0 Å². The molecular weight excluding hydrogens is 462 g/mol. The van der Waals surface area contributed by atoms with Crippen molar-refractivity contribution in [3.63, 3.8) is 0 Å². The normalized spacial score (nSPS) is 10.8. The Morgan fingerprint density at radius 3 is 2.06 bits per heavy atom. The summed E-state index contributed by atoms with van der Waals surface area (Å²) in [5, 5.41) is 3.84. The van der Waals surface area contributed by atoms with Gasteiger partial charge in [-0.1, -0.05) is 103 Å². The Bertz CT molecular complexity index is 1480. The fourth-order valence-corrected chi connectivity index (χ4v) is 4.99. The summed E-state index contributed by atoms with van der Waals surface area (Å²) >= 11 is 1.44. The number of hydrogen-bond donors (Lipinski definition) is 1. The van der Waals surface area contributed by atoms with Crippen LogP contribution in [0.4, 0.5) is 5.69 Å². The molecule has 5 heteroatoms. The molecule has 1 N–H and O–H groups in total.